The summed E-state index contributed by atoms with van der Waals surface area (Å²) in [6.07, 6.45) is 6.23. The minimum absolute atomic E-state index is 0. The van der Waals surface area contributed by atoms with Crippen LogP contribution in [0.3, 0.4) is 0 Å². The molecule has 0 spiro atoms. The van der Waals surface area contributed by atoms with E-state index in [4.69, 9.17) is 34.3 Å². The van der Waals surface area contributed by atoms with Gasteiger partial charge in [-0.1, -0.05) is 62.2 Å². The van der Waals surface area contributed by atoms with Crippen molar-refractivity contribution in [1.29, 1.82) is 0 Å². The molecule has 1 aliphatic heterocycles. The van der Waals surface area contributed by atoms with E-state index in [-0.39, 0.29) is 134 Å². The molecule has 0 bridgehead atoms. The molecule has 1 saturated carbocycles. The lowest BCUT2D eigenvalue weighted by molar-refractivity contribution is -0.668. The fourth-order valence-corrected chi connectivity index (χ4v) is 10.8. The minimum atomic E-state index is -4.19. The number of urea groups is 1. The van der Waals surface area contributed by atoms with Gasteiger partial charge in [-0.05, 0) is 72.9 Å². The molecule has 1 unspecified atom stereocenters. The van der Waals surface area contributed by atoms with Gasteiger partial charge in [0.2, 0.25) is 41.4 Å². The van der Waals surface area contributed by atoms with E-state index in [2.05, 4.69) is 38.0 Å². The van der Waals surface area contributed by atoms with Crippen LogP contribution >= 0.6 is 0 Å². The van der Waals surface area contributed by atoms with Crippen LogP contribution in [0.1, 0.15) is 101 Å². The maximum absolute atomic E-state index is 14.0. The van der Waals surface area contributed by atoms with Crippen LogP contribution in [0.4, 0.5) is 16.3 Å². The van der Waals surface area contributed by atoms with E-state index >= 15 is 0 Å². The number of anilines is 2. The van der Waals surface area contributed by atoms with E-state index in [1.807, 2.05) is 54.9 Å². The molecule has 3 aliphatic rings. The highest BCUT2D eigenvalue weighted by Gasteiger charge is 2.39. The number of rotatable bonds is 31. The second-order valence-electron chi connectivity index (χ2n) is 20.7. The Morgan fingerprint density at radius 2 is 1.66 bits per heavy atom. The summed E-state index contributed by atoms with van der Waals surface area (Å²) < 4.78 is 48.8. The number of nitrogens with zero attached hydrogens (tertiary/aromatic N) is 4. The van der Waals surface area contributed by atoms with Gasteiger partial charge in [0.25, 0.3) is 0 Å². The van der Waals surface area contributed by atoms with Gasteiger partial charge in [-0.25, -0.2) is 14.5 Å². The Bertz CT molecular complexity index is 2850. The molecule has 2 aliphatic carbocycles. The van der Waals surface area contributed by atoms with Crippen molar-refractivity contribution in [2.24, 2.45) is 34.5 Å². The highest BCUT2D eigenvalue weighted by atomic mass is 32.2. The molecule has 0 radical (unpaired) electrons. The third-order valence-corrected chi connectivity index (χ3v) is 15.0. The Kier molecular flexibility index (Phi) is 22.8. The number of imide groups is 1. The number of Topliss-reactive ketones (excluding diaryl/α,β-unsaturated/α-hetero) is 1. The molecule has 24 heteroatoms. The lowest BCUT2D eigenvalue weighted by Crippen LogP contribution is -2.45. The van der Waals surface area contributed by atoms with Crippen molar-refractivity contribution >= 4 is 68.3 Å². The number of aliphatic hydroxyl groups is 1. The van der Waals surface area contributed by atoms with Crippen LogP contribution in [0.25, 0.3) is 11.0 Å². The fraction of sp³-hybridized carbons (Fsp3) is 0.545. The second kappa shape index (κ2) is 29.2. The molecule has 7 atom stereocenters. The average Bonchev–Trinajstić information content (AvgIpc) is 4.27. The third-order valence-electron chi connectivity index (χ3n) is 14.6. The summed E-state index contributed by atoms with van der Waals surface area (Å²) in [4.78, 5) is 82.4. The van der Waals surface area contributed by atoms with Crippen molar-refractivity contribution in [1.82, 2.24) is 25.1 Å². The van der Waals surface area contributed by atoms with Gasteiger partial charge < -0.3 is 53.7 Å². The molecule has 7 rings (SSSR count). The fourth-order valence-electron chi connectivity index (χ4n) is 10.4. The number of aromatic nitrogens is 3. The average molecular weight is 1120 g/mol. The van der Waals surface area contributed by atoms with Crippen molar-refractivity contribution in [2.75, 3.05) is 70.0 Å². The summed E-state index contributed by atoms with van der Waals surface area (Å²) in [5.74, 6) is -2.65. The van der Waals surface area contributed by atoms with Crippen molar-refractivity contribution < 1.29 is 65.3 Å². The number of hydrogen-bond donors (Lipinski definition) is 7. The number of nitrogens with two attached hydrogens (primary N) is 2. The van der Waals surface area contributed by atoms with Crippen molar-refractivity contribution in [2.45, 2.75) is 109 Å². The van der Waals surface area contributed by atoms with Gasteiger partial charge >= 0.3 is 16.3 Å². The zero-order valence-corrected chi connectivity index (χ0v) is 46.4. The molecule has 432 valence electrons. The van der Waals surface area contributed by atoms with E-state index in [0.717, 1.165) is 29.4 Å². The van der Waals surface area contributed by atoms with Crippen LogP contribution in [0.5, 0.6) is 0 Å². The number of carbonyl (C=O) groups excluding carboxylic acids is 6. The van der Waals surface area contributed by atoms with Gasteiger partial charge in [0, 0.05) is 55.7 Å². The summed E-state index contributed by atoms with van der Waals surface area (Å²) >= 11 is 0. The Labute approximate surface area is 462 Å². The van der Waals surface area contributed by atoms with Gasteiger partial charge in [-0.2, -0.15) is 8.42 Å². The van der Waals surface area contributed by atoms with Gasteiger partial charge in [-0.15, -0.1) is 0 Å². The molecular formula is C55H78N10O13S. The van der Waals surface area contributed by atoms with Crippen molar-refractivity contribution in [3.63, 3.8) is 0 Å². The van der Waals surface area contributed by atoms with Gasteiger partial charge in [-0.3, -0.25) is 37.6 Å². The molecular weight excluding hydrogens is 1040 g/mol. The minimum Gasteiger partial charge on any atom is -0.393 e. The normalized spacial score (nSPS) is 19.8. The van der Waals surface area contributed by atoms with Crippen LogP contribution < -0.4 is 36.7 Å². The lowest BCUT2D eigenvalue weighted by atomic mass is 9.89. The van der Waals surface area contributed by atoms with Gasteiger partial charge in [0.05, 0.1) is 89.8 Å². The zero-order chi connectivity index (χ0) is 55.9. The summed E-state index contributed by atoms with van der Waals surface area (Å²) in [7, 11) is -4.19. The first kappa shape index (κ1) is 61.8. The summed E-state index contributed by atoms with van der Waals surface area (Å²) in [5, 5.41) is 29.0. The monoisotopic (exact) mass is 1120 g/mol. The number of ketones is 1. The van der Waals surface area contributed by atoms with Crippen LogP contribution in [-0.4, -0.2) is 135 Å². The summed E-state index contributed by atoms with van der Waals surface area (Å²) in [6, 6.07) is 15.9. The predicted octanol–water partition coefficient (Wildman–Crippen LogP) is 3.39. The molecule has 3 heterocycles. The van der Waals surface area contributed by atoms with Gasteiger partial charge in [0.1, 0.15) is 5.39 Å². The molecule has 2 aromatic heterocycles. The summed E-state index contributed by atoms with van der Waals surface area (Å²) in [6.45, 7) is 7.21. The van der Waals surface area contributed by atoms with E-state index in [1.54, 1.807) is 25.4 Å². The molecule has 2 fully saturated rings. The molecule has 4 aromatic rings. The number of carbonyl (C=O) groups is 6. The number of amides is 6. The first-order valence-corrected chi connectivity index (χ1v) is 28.2. The van der Waals surface area contributed by atoms with E-state index in [1.165, 1.54) is 16.0 Å². The first-order valence-electron chi connectivity index (χ1n) is 26.8. The maximum Gasteiger partial charge on any atom is 0.333 e. The Morgan fingerprint density at radius 1 is 0.949 bits per heavy atom. The largest absolute Gasteiger partial charge is 0.393 e. The zero-order valence-electron chi connectivity index (χ0n) is 45.6. The first-order chi connectivity index (χ1) is 37.3. The number of ether oxygens (including phenoxy) is 3. The standard InChI is InChI=1S/C54H74N10O13S.CH3/c1-34(2)49(61-47(67)17-21-74-23-25-76-26-24-75-22-20-64-48(68)27-35(3)53(64)70)46(66)29-38(8-6-18-57-54(55)71)51(69)59-40-13-10-36(11-14-40)31-62-33-58-50(60-44-15-12-37-7-4-5-9-42(37)44)43-16-19-63(52(43)62)41-28-39(45(65)30-41)32-77-78(56,72)73;/h4-5,7,9-11,13-14,16,19,33-35,38-39,41,44-45,49,65H,6,8,12,15,17-18,20-32H2,1-3H3,(H7,55,56,57,59,61,67,69,71,72,73);1H3/q;-1/p+1/t35?,38-,39-,41+,44-,45-,49+;/m1./s1. The van der Waals surface area contributed by atoms with Crippen LogP contribution in [0.2, 0.25) is 0 Å². The van der Waals surface area contributed by atoms with E-state index in [0.29, 0.717) is 37.3 Å². The Morgan fingerprint density at radius 3 is 2.34 bits per heavy atom. The van der Waals surface area contributed by atoms with E-state index < -0.39 is 52.1 Å². The number of likely N-dealkylation sites (tertiary alicyclic amines) is 1. The smallest absolute Gasteiger partial charge is 0.333 e. The number of primary amides is 1. The maximum atomic E-state index is 14.0. The number of aryl methyl sites for hydroxylation is 1. The molecule has 6 amide bonds. The predicted molar refractivity (Wildman–Crippen MR) is 293 cm³/mol. The van der Waals surface area contributed by atoms with Crippen molar-refractivity contribution in [3.05, 3.63) is 91.2 Å². The number of aliphatic hydroxyl groups excluding tert-OH is 1. The van der Waals surface area contributed by atoms with Gasteiger partial charge in [0.15, 0.2) is 5.78 Å². The lowest BCUT2D eigenvalue weighted by Gasteiger charge is -2.24. The topological polar surface area (TPSA) is 319 Å². The Balaban J connectivity index is 0.0000101. The SMILES string of the molecule is CC1CC(=O)N(CCOCCOCCOCCC(=O)N[C@H](C(=O)C[C@@H](CCCNC(N)=O)C(=O)Nc2ccc(C[n+]3cnc(N[C@@H]4CCc5ccccc54)c4ccn([C@H]5C[C@H](COS(N)(=O)=O)[C@H](O)C5)c43)cc2)C(C)C)C1=O.[CH3-]. The third kappa shape index (κ3) is 17.5. The Hall–Kier alpha value is -6.41. The number of benzene rings is 2. The quantitative estimate of drug-likeness (QED) is 0.0164. The highest BCUT2D eigenvalue weighted by molar-refractivity contribution is 7.84. The molecule has 9 N–H and O–H groups in total. The molecule has 1 saturated heterocycles. The second-order valence-corrected chi connectivity index (χ2v) is 21.9. The summed E-state index contributed by atoms with van der Waals surface area (Å²) in [5.41, 5.74) is 10.0. The number of nitrogens with one attached hydrogen (secondary N) is 4. The number of hydrogen-bond acceptors (Lipinski definition) is 15. The number of fused-ring (bicyclic) bond motifs is 2. The van der Waals surface area contributed by atoms with Crippen LogP contribution in [0.15, 0.2) is 67.1 Å². The van der Waals surface area contributed by atoms with E-state index in [9.17, 15) is 42.3 Å². The van der Waals surface area contributed by atoms with Crippen LogP contribution in [0, 0.1) is 31.1 Å². The highest BCUT2D eigenvalue weighted by Crippen LogP contribution is 2.39. The molecule has 23 nitrogen and oxygen atoms in total. The van der Waals surface area contributed by atoms with Crippen molar-refractivity contribution in [3.8, 4) is 0 Å². The molecule has 2 aromatic carbocycles. The molecule has 79 heavy (non-hydrogen) atoms. The van der Waals surface area contributed by atoms with Crippen LogP contribution in [-0.2, 0) is 65.6 Å².